The minimum Gasteiger partial charge on any atom is -0.306 e. The van der Waals surface area contributed by atoms with Gasteiger partial charge in [0.15, 0.2) is 0 Å². The Hall–Kier alpha value is -1.61. The van der Waals surface area contributed by atoms with Crippen molar-refractivity contribution in [3.8, 4) is 0 Å². The first kappa shape index (κ1) is 14.8. The molecule has 0 fully saturated rings. The highest BCUT2D eigenvalue weighted by molar-refractivity contribution is 5.29. The van der Waals surface area contributed by atoms with Crippen LogP contribution in [0.4, 0.5) is 0 Å². The predicted octanol–water partition coefficient (Wildman–Crippen LogP) is 3.57. The van der Waals surface area contributed by atoms with Crippen LogP contribution in [0.2, 0.25) is 0 Å². The quantitative estimate of drug-likeness (QED) is 0.921. The van der Waals surface area contributed by atoms with Crippen LogP contribution >= 0.6 is 0 Å². The van der Waals surface area contributed by atoms with Crippen molar-refractivity contribution >= 4 is 0 Å². The molecule has 0 bridgehead atoms. The lowest BCUT2D eigenvalue weighted by Crippen LogP contribution is -2.18. The molecule has 1 heterocycles. The van der Waals surface area contributed by atoms with Crippen LogP contribution in [0.3, 0.4) is 0 Å². The van der Waals surface area contributed by atoms with Crippen molar-refractivity contribution in [2.45, 2.75) is 45.7 Å². The molecule has 0 aliphatic heterocycles. The molecular formula is C17H25N3. The smallest absolute Gasteiger partial charge is 0.0534 e. The van der Waals surface area contributed by atoms with E-state index in [1.165, 1.54) is 16.7 Å². The number of benzene rings is 1. The molecule has 1 unspecified atom stereocenters. The summed E-state index contributed by atoms with van der Waals surface area (Å²) < 4.78 is 1.83. The number of hydrogen-bond acceptors (Lipinski definition) is 2. The third-order valence-corrected chi connectivity index (χ3v) is 3.65. The second kappa shape index (κ2) is 5.80. The van der Waals surface area contributed by atoms with Crippen LogP contribution in [0.15, 0.2) is 36.7 Å². The van der Waals surface area contributed by atoms with Crippen molar-refractivity contribution in [1.82, 2.24) is 15.1 Å². The van der Waals surface area contributed by atoms with Crippen LogP contribution in [0, 0.1) is 0 Å². The molecule has 0 radical (unpaired) electrons. The first-order valence-corrected chi connectivity index (χ1v) is 7.17. The van der Waals surface area contributed by atoms with Gasteiger partial charge in [-0.3, -0.25) is 4.68 Å². The Morgan fingerprint density at radius 2 is 1.85 bits per heavy atom. The van der Waals surface area contributed by atoms with E-state index in [9.17, 15) is 0 Å². The largest absolute Gasteiger partial charge is 0.306 e. The van der Waals surface area contributed by atoms with Crippen molar-refractivity contribution in [3.63, 3.8) is 0 Å². The van der Waals surface area contributed by atoms with Gasteiger partial charge in [-0.2, -0.15) is 5.10 Å². The van der Waals surface area contributed by atoms with E-state index in [1.807, 2.05) is 24.1 Å². The summed E-state index contributed by atoms with van der Waals surface area (Å²) in [6.45, 7) is 9.77. The highest BCUT2D eigenvalue weighted by Crippen LogP contribution is 2.23. The van der Waals surface area contributed by atoms with Gasteiger partial charge in [0.2, 0.25) is 0 Å². The Morgan fingerprint density at radius 1 is 1.20 bits per heavy atom. The summed E-state index contributed by atoms with van der Waals surface area (Å²) in [5, 5.41) is 7.72. The van der Waals surface area contributed by atoms with Crippen LogP contribution in [0.5, 0.6) is 0 Å². The summed E-state index contributed by atoms with van der Waals surface area (Å²) in [7, 11) is 1.94. The van der Waals surface area contributed by atoms with Crippen molar-refractivity contribution in [2.24, 2.45) is 7.05 Å². The first-order chi connectivity index (χ1) is 9.36. The molecule has 1 N–H and O–H groups in total. The van der Waals surface area contributed by atoms with Gasteiger partial charge in [-0.15, -0.1) is 0 Å². The number of aromatic nitrogens is 2. The summed E-state index contributed by atoms with van der Waals surface area (Å²) in [4.78, 5) is 0. The molecule has 3 heteroatoms. The Kier molecular flexibility index (Phi) is 4.29. The third kappa shape index (κ3) is 3.70. The second-order valence-electron chi connectivity index (χ2n) is 6.50. The number of nitrogens with one attached hydrogen (secondary N) is 1. The maximum Gasteiger partial charge on any atom is 0.0534 e. The van der Waals surface area contributed by atoms with Gasteiger partial charge in [-0.1, -0.05) is 45.0 Å². The number of rotatable bonds is 4. The van der Waals surface area contributed by atoms with Gasteiger partial charge in [0, 0.05) is 31.4 Å². The molecule has 0 amide bonds. The molecule has 2 rings (SSSR count). The molecule has 1 aromatic carbocycles. The molecule has 1 atom stereocenters. The summed E-state index contributed by atoms with van der Waals surface area (Å²) >= 11 is 0. The van der Waals surface area contributed by atoms with Gasteiger partial charge < -0.3 is 5.32 Å². The highest BCUT2D eigenvalue weighted by Gasteiger charge is 2.13. The zero-order valence-electron chi connectivity index (χ0n) is 13.1. The molecule has 20 heavy (non-hydrogen) atoms. The normalized spacial score (nSPS) is 13.4. The van der Waals surface area contributed by atoms with Crippen molar-refractivity contribution in [1.29, 1.82) is 0 Å². The van der Waals surface area contributed by atoms with E-state index in [0.29, 0.717) is 6.04 Å². The van der Waals surface area contributed by atoms with Crippen LogP contribution in [0.25, 0.3) is 0 Å². The van der Waals surface area contributed by atoms with Crippen LogP contribution < -0.4 is 5.32 Å². The molecule has 108 valence electrons. The fourth-order valence-electron chi connectivity index (χ4n) is 2.22. The summed E-state index contributed by atoms with van der Waals surface area (Å²) in [5.74, 6) is 0. The molecule has 2 aromatic rings. The van der Waals surface area contributed by atoms with E-state index in [1.54, 1.807) is 0 Å². The molecular weight excluding hydrogens is 246 g/mol. The topological polar surface area (TPSA) is 29.9 Å². The van der Waals surface area contributed by atoms with Gasteiger partial charge in [-0.25, -0.2) is 0 Å². The van der Waals surface area contributed by atoms with E-state index in [4.69, 9.17) is 0 Å². The first-order valence-electron chi connectivity index (χ1n) is 7.17. The van der Waals surface area contributed by atoms with Crippen molar-refractivity contribution in [3.05, 3.63) is 53.3 Å². The summed E-state index contributed by atoms with van der Waals surface area (Å²) in [6.07, 6.45) is 3.95. The number of aryl methyl sites for hydroxylation is 1. The van der Waals surface area contributed by atoms with Gasteiger partial charge in [-0.05, 0) is 23.5 Å². The molecule has 0 aliphatic carbocycles. The lowest BCUT2D eigenvalue weighted by molar-refractivity contribution is 0.569. The standard InChI is InChI=1S/C17H25N3/c1-13(18-10-14-11-19-20(5)12-14)15-6-8-16(9-7-15)17(2,3)4/h6-9,11-13,18H,10H2,1-5H3. The van der Waals surface area contributed by atoms with E-state index in [-0.39, 0.29) is 5.41 Å². The third-order valence-electron chi connectivity index (χ3n) is 3.65. The van der Waals surface area contributed by atoms with E-state index >= 15 is 0 Å². The lowest BCUT2D eigenvalue weighted by atomic mass is 9.86. The van der Waals surface area contributed by atoms with E-state index in [0.717, 1.165) is 6.54 Å². The predicted molar refractivity (Wildman–Crippen MR) is 83.6 cm³/mol. The van der Waals surface area contributed by atoms with E-state index < -0.39 is 0 Å². The fraction of sp³-hybridized carbons (Fsp3) is 0.471. The minimum atomic E-state index is 0.213. The zero-order valence-corrected chi connectivity index (χ0v) is 13.1. The Balaban J connectivity index is 1.97. The molecule has 1 aromatic heterocycles. The van der Waals surface area contributed by atoms with Gasteiger partial charge >= 0.3 is 0 Å². The molecule has 0 saturated heterocycles. The number of hydrogen-bond donors (Lipinski definition) is 1. The zero-order chi connectivity index (χ0) is 14.8. The Bertz CT molecular complexity index is 546. The molecule has 0 saturated carbocycles. The Labute approximate surface area is 122 Å². The molecule has 0 aliphatic rings. The fourth-order valence-corrected chi connectivity index (χ4v) is 2.22. The van der Waals surface area contributed by atoms with Crippen LogP contribution in [0.1, 0.15) is 50.4 Å². The SMILES string of the molecule is CC(NCc1cnn(C)c1)c1ccc(C(C)(C)C)cc1. The van der Waals surface area contributed by atoms with Crippen LogP contribution in [-0.4, -0.2) is 9.78 Å². The number of nitrogens with zero attached hydrogens (tertiary/aromatic N) is 2. The average Bonchev–Trinajstić information content (AvgIpc) is 2.81. The summed E-state index contributed by atoms with van der Waals surface area (Å²) in [5.41, 5.74) is 4.12. The van der Waals surface area contributed by atoms with Crippen molar-refractivity contribution in [2.75, 3.05) is 0 Å². The maximum atomic E-state index is 4.18. The maximum absolute atomic E-state index is 4.18. The van der Waals surface area contributed by atoms with Gasteiger partial charge in [0.05, 0.1) is 6.20 Å². The van der Waals surface area contributed by atoms with Crippen molar-refractivity contribution < 1.29 is 0 Å². The lowest BCUT2D eigenvalue weighted by Gasteiger charge is -2.20. The van der Waals surface area contributed by atoms with E-state index in [2.05, 4.69) is 62.4 Å². The monoisotopic (exact) mass is 271 g/mol. The second-order valence-corrected chi connectivity index (χ2v) is 6.50. The summed E-state index contributed by atoms with van der Waals surface area (Å²) in [6, 6.07) is 9.25. The van der Waals surface area contributed by atoms with Gasteiger partial charge in [0.25, 0.3) is 0 Å². The average molecular weight is 271 g/mol. The molecule has 3 nitrogen and oxygen atoms in total. The Morgan fingerprint density at radius 3 is 2.35 bits per heavy atom. The van der Waals surface area contributed by atoms with Gasteiger partial charge in [0.1, 0.15) is 0 Å². The molecule has 0 spiro atoms. The van der Waals surface area contributed by atoms with Crippen LogP contribution in [-0.2, 0) is 19.0 Å². The minimum absolute atomic E-state index is 0.213. The highest BCUT2D eigenvalue weighted by atomic mass is 15.2.